The van der Waals surface area contributed by atoms with Crippen LogP contribution >= 0.6 is 11.6 Å². The Balaban J connectivity index is 1.70. The summed E-state index contributed by atoms with van der Waals surface area (Å²) in [4.78, 5) is 8.98. The van der Waals surface area contributed by atoms with E-state index in [9.17, 15) is 5.11 Å². The lowest BCUT2D eigenvalue weighted by Crippen LogP contribution is -2.28. The van der Waals surface area contributed by atoms with Gasteiger partial charge in [-0.1, -0.05) is 11.6 Å². The molecular formula is C18H24ClN5O2. The van der Waals surface area contributed by atoms with Crippen molar-refractivity contribution in [1.29, 1.82) is 0 Å². The number of ether oxygens (including phenoxy) is 1. The number of halogens is 1. The number of rotatable bonds is 3. The monoisotopic (exact) mass is 377 g/mol. The van der Waals surface area contributed by atoms with Gasteiger partial charge in [-0.15, -0.1) is 0 Å². The standard InChI is InChI=1S/C18H24ClN5O2/c1-18(25)6-2-3-7-24-16(18)13(10-21-24)15-14(19)11-20-17(23-15)22-12-4-8-26-9-5-12/h10-12,25H,2-9H2,1H3,(H,20,22,23)/t18-/m0/s1. The Labute approximate surface area is 157 Å². The normalized spacial score (nSPS) is 24.1. The van der Waals surface area contributed by atoms with Crippen molar-refractivity contribution in [2.75, 3.05) is 18.5 Å². The maximum atomic E-state index is 11.0. The van der Waals surface area contributed by atoms with Gasteiger partial charge in [-0.2, -0.15) is 5.10 Å². The van der Waals surface area contributed by atoms with Gasteiger partial charge in [0.05, 0.1) is 28.8 Å². The first-order valence-corrected chi connectivity index (χ1v) is 9.58. The zero-order valence-electron chi connectivity index (χ0n) is 14.9. The van der Waals surface area contributed by atoms with Crippen LogP contribution in [-0.2, 0) is 16.9 Å². The molecule has 0 unspecified atom stereocenters. The Morgan fingerprint density at radius 2 is 2.12 bits per heavy atom. The van der Waals surface area contributed by atoms with Crippen LogP contribution in [0.3, 0.4) is 0 Å². The Hall–Kier alpha value is -1.70. The molecule has 2 aliphatic heterocycles. The van der Waals surface area contributed by atoms with Gasteiger partial charge < -0.3 is 15.2 Å². The van der Waals surface area contributed by atoms with Crippen molar-refractivity contribution in [3.8, 4) is 11.3 Å². The predicted molar refractivity (Wildman–Crippen MR) is 99.1 cm³/mol. The number of aromatic nitrogens is 4. The first-order valence-electron chi connectivity index (χ1n) is 9.20. The number of nitrogens with zero attached hydrogens (tertiary/aromatic N) is 4. The van der Waals surface area contributed by atoms with Gasteiger partial charge in [0.25, 0.3) is 0 Å². The first kappa shape index (κ1) is 17.7. The molecule has 0 spiro atoms. The van der Waals surface area contributed by atoms with Crippen LogP contribution in [0.5, 0.6) is 0 Å². The van der Waals surface area contributed by atoms with Crippen LogP contribution in [-0.4, -0.2) is 44.1 Å². The van der Waals surface area contributed by atoms with Crippen LogP contribution in [0.2, 0.25) is 5.02 Å². The Morgan fingerprint density at radius 1 is 1.31 bits per heavy atom. The average Bonchev–Trinajstić information content (AvgIpc) is 3.00. The zero-order chi connectivity index (χ0) is 18.1. The summed E-state index contributed by atoms with van der Waals surface area (Å²) in [6.45, 7) is 4.13. The van der Waals surface area contributed by atoms with Crippen LogP contribution in [0.15, 0.2) is 12.4 Å². The van der Waals surface area contributed by atoms with Crippen molar-refractivity contribution < 1.29 is 9.84 Å². The lowest BCUT2D eigenvalue weighted by Gasteiger charge is -2.24. The predicted octanol–water partition coefficient (Wildman–Crippen LogP) is 2.98. The first-order chi connectivity index (χ1) is 12.5. The van der Waals surface area contributed by atoms with Gasteiger partial charge in [-0.05, 0) is 39.0 Å². The molecular weight excluding hydrogens is 354 g/mol. The van der Waals surface area contributed by atoms with E-state index in [0.717, 1.165) is 56.7 Å². The van der Waals surface area contributed by atoms with E-state index in [0.29, 0.717) is 29.1 Å². The number of nitrogens with one attached hydrogen (secondary N) is 1. The third kappa shape index (κ3) is 3.43. The minimum absolute atomic E-state index is 0.296. The molecule has 0 bridgehead atoms. The van der Waals surface area contributed by atoms with Crippen molar-refractivity contribution in [2.45, 2.75) is 57.2 Å². The van der Waals surface area contributed by atoms with Crippen LogP contribution < -0.4 is 5.32 Å². The highest BCUT2D eigenvalue weighted by Gasteiger charge is 2.33. The van der Waals surface area contributed by atoms with E-state index in [4.69, 9.17) is 16.3 Å². The SMILES string of the molecule is C[C@]1(O)CCCCn2ncc(-c3nc(NC4CCOCC4)ncc3Cl)c21. The molecule has 26 heavy (non-hydrogen) atoms. The molecule has 140 valence electrons. The van der Waals surface area contributed by atoms with E-state index in [1.807, 2.05) is 11.6 Å². The fourth-order valence-electron chi connectivity index (χ4n) is 3.80. The molecule has 8 heteroatoms. The van der Waals surface area contributed by atoms with Gasteiger partial charge in [-0.25, -0.2) is 9.97 Å². The molecule has 0 amide bonds. The highest BCUT2D eigenvalue weighted by Crippen LogP contribution is 2.38. The number of fused-ring (bicyclic) bond motifs is 1. The van der Waals surface area contributed by atoms with E-state index in [1.165, 1.54) is 0 Å². The molecule has 4 heterocycles. The number of anilines is 1. The molecule has 2 aliphatic rings. The van der Waals surface area contributed by atoms with Crippen molar-refractivity contribution in [3.63, 3.8) is 0 Å². The van der Waals surface area contributed by atoms with E-state index < -0.39 is 5.60 Å². The maximum absolute atomic E-state index is 11.0. The summed E-state index contributed by atoms with van der Waals surface area (Å²) in [5.41, 5.74) is 1.22. The lowest BCUT2D eigenvalue weighted by atomic mass is 9.93. The second kappa shape index (κ2) is 7.13. The number of aryl methyl sites for hydroxylation is 1. The van der Waals surface area contributed by atoms with Crippen LogP contribution in [0.4, 0.5) is 5.95 Å². The topological polar surface area (TPSA) is 85.1 Å². The quantitative estimate of drug-likeness (QED) is 0.855. The maximum Gasteiger partial charge on any atom is 0.223 e. The zero-order valence-corrected chi connectivity index (χ0v) is 15.7. The molecule has 1 atom stereocenters. The van der Waals surface area contributed by atoms with Crippen LogP contribution in [0.1, 0.15) is 44.7 Å². The molecule has 2 N–H and O–H groups in total. The van der Waals surface area contributed by atoms with Crippen LogP contribution in [0, 0.1) is 0 Å². The van der Waals surface area contributed by atoms with Gasteiger partial charge in [0.1, 0.15) is 5.60 Å². The highest BCUT2D eigenvalue weighted by molar-refractivity contribution is 6.33. The minimum Gasteiger partial charge on any atom is -0.384 e. The summed E-state index contributed by atoms with van der Waals surface area (Å²) in [5, 5.41) is 19.3. The fraction of sp³-hybridized carbons (Fsp3) is 0.611. The van der Waals surface area contributed by atoms with Gasteiger partial charge in [0.15, 0.2) is 0 Å². The van der Waals surface area contributed by atoms with E-state index in [2.05, 4.69) is 20.4 Å². The smallest absolute Gasteiger partial charge is 0.223 e. The van der Waals surface area contributed by atoms with Crippen molar-refractivity contribution >= 4 is 17.5 Å². The van der Waals surface area contributed by atoms with Crippen molar-refractivity contribution in [2.24, 2.45) is 0 Å². The second-order valence-electron chi connectivity index (χ2n) is 7.28. The summed E-state index contributed by atoms with van der Waals surface area (Å²) in [5.74, 6) is 0.546. The largest absolute Gasteiger partial charge is 0.384 e. The number of aliphatic hydroxyl groups is 1. The van der Waals surface area contributed by atoms with Gasteiger partial charge >= 0.3 is 0 Å². The molecule has 0 radical (unpaired) electrons. The molecule has 2 aromatic rings. The third-order valence-electron chi connectivity index (χ3n) is 5.19. The van der Waals surface area contributed by atoms with Crippen molar-refractivity contribution in [1.82, 2.24) is 19.7 Å². The summed E-state index contributed by atoms with van der Waals surface area (Å²) in [7, 11) is 0. The van der Waals surface area contributed by atoms with Crippen LogP contribution in [0.25, 0.3) is 11.3 Å². The Bertz CT molecular complexity index is 786. The molecule has 2 aromatic heterocycles. The van der Waals surface area contributed by atoms with E-state index in [1.54, 1.807) is 12.4 Å². The molecule has 0 aromatic carbocycles. The fourth-order valence-corrected chi connectivity index (χ4v) is 3.99. The van der Waals surface area contributed by atoms with E-state index in [-0.39, 0.29) is 0 Å². The van der Waals surface area contributed by atoms with Gasteiger partial charge in [0.2, 0.25) is 5.95 Å². The average molecular weight is 378 g/mol. The summed E-state index contributed by atoms with van der Waals surface area (Å²) in [6, 6.07) is 0.296. The van der Waals surface area contributed by atoms with E-state index >= 15 is 0 Å². The van der Waals surface area contributed by atoms with Crippen molar-refractivity contribution in [3.05, 3.63) is 23.1 Å². The molecule has 0 aliphatic carbocycles. The second-order valence-corrected chi connectivity index (χ2v) is 7.69. The number of hydrogen-bond acceptors (Lipinski definition) is 6. The lowest BCUT2D eigenvalue weighted by molar-refractivity contribution is 0.0424. The molecule has 7 nitrogen and oxygen atoms in total. The van der Waals surface area contributed by atoms with Gasteiger partial charge in [0, 0.05) is 31.4 Å². The molecule has 0 saturated carbocycles. The number of hydrogen-bond donors (Lipinski definition) is 2. The Kier molecular flexibility index (Phi) is 4.86. The third-order valence-corrected chi connectivity index (χ3v) is 5.46. The molecule has 1 saturated heterocycles. The van der Waals surface area contributed by atoms with Gasteiger partial charge in [-0.3, -0.25) is 4.68 Å². The molecule has 1 fully saturated rings. The summed E-state index contributed by atoms with van der Waals surface area (Å²) in [6.07, 6.45) is 7.88. The minimum atomic E-state index is -0.953. The molecule has 4 rings (SSSR count). The summed E-state index contributed by atoms with van der Waals surface area (Å²) >= 11 is 6.42. The summed E-state index contributed by atoms with van der Waals surface area (Å²) < 4.78 is 7.28. The Morgan fingerprint density at radius 3 is 2.92 bits per heavy atom. The highest BCUT2D eigenvalue weighted by atomic mass is 35.5.